The van der Waals surface area contributed by atoms with Gasteiger partial charge in [0, 0.05) is 11.4 Å². The van der Waals surface area contributed by atoms with Gasteiger partial charge in [-0.15, -0.1) is 0 Å². The van der Waals surface area contributed by atoms with E-state index < -0.39 is 17.6 Å². The van der Waals surface area contributed by atoms with Crippen molar-refractivity contribution in [3.8, 4) is 0 Å². The van der Waals surface area contributed by atoms with Gasteiger partial charge in [-0.25, -0.2) is 0 Å². The number of anilines is 3. The van der Waals surface area contributed by atoms with Crippen molar-refractivity contribution < 1.29 is 18.0 Å². The van der Waals surface area contributed by atoms with Gasteiger partial charge in [0.05, 0.1) is 16.8 Å². The van der Waals surface area contributed by atoms with Crippen LogP contribution in [-0.2, 0) is 6.18 Å². The summed E-state index contributed by atoms with van der Waals surface area (Å²) >= 11 is 0. The maximum Gasteiger partial charge on any atom is 0.416 e. The van der Waals surface area contributed by atoms with Gasteiger partial charge in [0.2, 0.25) is 0 Å². The average molecular weight is 295 g/mol. The van der Waals surface area contributed by atoms with Gasteiger partial charge in [-0.1, -0.05) is 0 Å². The van der Waals surface area contributed by atoms with Gasteiger partial charge >= 0.3 is 6.18 Å². The van der Waals surface area contributed by atoms with E-state index in [0.29, 0.717) is 11.4 Å². The molecule has 0 spiro atoms. The summed E-state index contributed by atoms with van der Waals surface area (Å²) in [5.41, 5.74) is 10.8. The van der Waals surface area contributed by atoms with Crippen molar-refractivity contribution in [1.82, 2.24) is 0 Å². The lowest BCUT2D eigenvalue weighted by atomic mass is 10.1. The molecule has 0 aliphatic heterocycles. The summed E-state index contributed by atoms with van der Waals surface area (Å²) in [5, 5.41) is 2.84. The molecule has 0 saturated carbocycles. The number of hydrogen-bond donors (Lipinski definition) is 3. The fourth-order valence-electron chi connectivity index (χ4n) is 1.76. The topological polar surface area (TPSA) is 81.1 Å². The van der Waals surface area contributed by atoms with Crippen LogP contribution < -0.4 is 16.8 Å². The summed E-state index contributed by atoms with van der Waals surface area (Å²) in [4.78, 5) is 11.3. The second-order valence-corrected chi connectivity index (χ2v) is 4.37. The van der Waals surface area contributed by atoms with E-state index in [9.17, 15) is 18.0 Å². The molecule has 7 heteroatoms. The van der Waals surface area contributed by atoms with Gasteiger partial charge in [0.15, 0.2) is 0 Å². The maximum atomic E-state index is 12.6. The number of nitrogen functional groups attached to an aromatic ring is 1. The zero-order chi connectivity index (χ0) is 15.6. The van der Waals surface area contributed by atoms with E-state index in [1.807, 2.05) is 0 Å². The molecule has 4 nitrogen and oxygen atoms in total. The van der Waals surface area contributed by atoms with Gasteiger partial charge in [-0.2, -0.15) is 13.2 Å². The fraction of sp³-hybridized carbons (Fsp3) is 0.0714. The number of alkyl halides is 3. The summed E-state index contributed by atoms with van der Waals surface area (Å²) in [6, 6.07) is 9.29. The van der Waals surface area contributed by atoms with E-state index >= 15 is 0 Å². The summed E-state index contributed by atoms with van der Waals surface area (Å²) < 4.78 is 37.9. The predicted molar refractivity (Wildman–Crippen MR) is 74.1 cm³/mol. The number of carbonyl (C=O) groups is 1. The summed E-state index contributed by atoms with van der Waals surface area (Å²) in [6.07, 6.45) is -4.54. The fourth-order valence-corrected chi connectivity index (χ4v) is 1.76. The number of primary amides is 1. The highest BCUT2D eigenvalue weighted by molar-refractivity contribution is 5.99. The van der Waals surface area contributed by atoms with Gasteiger partial charge in [0.1, 0.15) is 0 Å². The largest absolute Gasteiger partial charge is 0.416 e. The van der Waals surface area contributed by atoms with Crippen LogP contribution in [-0.4, -0.2) is 5.91 Å². The third-order valence-electron chi connectivity index (χ3n) is 2.80. The molecule has 0 unspecified atom stereocenters. The maximum absolute atomic E-state index is 12.6. The Morgan fingerprint density at radius 1 is 1.05 bits per heavy atom. The molecule has 0 heterocycles. The molecule has 0 fully saturated rings. The quantitative estimate of drug-likeness (QED) is 0.761. The number of nitrogens with two attached hydrogens (primary N) is 2. The van der Waals surface area contributed by atoms with E-state index in [-0.39, 0.29) is 11.3 Å². The molecule has 110 valence electrons. The number of halogens is 3. The van der Waals surface area contributed by atoms with Gasteiger partial charge in [-0.05, 0) is 42.5 Å². The van der Waals surface area contributed by atoms with Crippen LogP contribution in [0.25, 0.3) is 0 Å². The van der Waals surface area contributed by atoms with Crippen molar-refractivity contribution in [3.05, 3.63) is 53.6 Å². The molecule has 2 aromatic carbocycles. The summed E-state index contributed by atoms with van der Waals surface area (Å²) in [7, 11) is 0. The van der Waals surface area contributed by atoms with Crippen LogP contribution in [0, 0.1) is 0 Å². The molecule has 0 bridgehead atoms. The molecule has 2 rings (SSSR count). The highest BCUT2D eigenvalue weighted by Crippen LogP contribution is 2.32. The van der Waals surface area contributed by atoms with Crippen LogP contribution in [0.3, 0.4) is 0 Å². The highest BCUT2D eigenvalue weighted by atomic mass is 19.4. The van der Waals surface area contributed by atoms with Crippen LogP contribution in [0.1, 0.15) is 15.9 Å². The highest BCUT2D eigenvalue weighted by Gasteiger charge is 2.31. The Kier molecular flexibility index (Phi) is 3.75. The zero-order valence-corrected chi connectivity index (χ0v) is 10.7. The Labute approximate surface area is 118 Å². The minimum absolute atomic E-state index is 0.195. The molecule has 0 aromatic heterocycles. The van der Waals surface area contributed by atoms with E-state index in [4.69, 9.17) is 11.5 Å². The molecule has 2 aromatic rings. The van der Waals surface area contributed by atoms with Crippen molar-refractivity contribution >= 4 is 23.0 Å². The number of amides is 1. The lowest BCUT2D eigenvalue weighted by Gasteiger charge is -2.13. The Morgan fingerprint density at radius 2 is 1.67 bits per heavy atom. The first-order valence-corrected chi connectivity index (χ1v) is 5.91. The van der Waals surface area contributed by atoms with Crippen LogP contribution in [0.4, 0.5) is 30.2 Å². The SMILES string of the molecule is NC(=O)c1cc(C(F)(F)F)ccc1Nc1ccc(N)cc1. The first-order chi connectivity index (χ1) is 9.77. The van der Waals surface area contributed by atoms with Crippen molar-refractivity contribution in [2.24, 2.45) is 5.73 Å². The van der Waals surface area contributed by atoms with Gasteiger partial charge in [-0.3, -0.25) is 4.79 Å². The van der Waals surface area contributed by atoms with Crippen molar-refractivity contribution in [2.75, 3.05) is 11.1 Å². The minimum Gasteiger partial charge on any atom is -0.399 e. The smallest absolute Gasteiger partial charge is 0.399 e. The first-order valence-electron chi connectivity index (χ1n) is 5.91. The molecule has 21 heavy (non-hydrogen) atoms. The lowest BCUT2D eigenvalue weighted by molar-refractivity contribution is -0.137. The number of carbonyl (C=O) groups excluding carboxylic acids is 1. The van der Waals surface area contributed by atoms with E-state index in [1.54, 1.807) is 24.3 Å². The Bertz CT molecular complexity index is 666. The van der Waals surface area contributed by atoms with Crippen LogP contribution in [0.15, 0.2) is 42.5 Å². The second kappa shape index (κ2) is 5.35. The van der Waals surface area contributed by atoms with E-state index in [0.717, 1.165) is 12.1 Å². The minimum atomic E-state index is -4.54. The molecular weight excluding hydrogens is 283 g/mol. The zero-order valence-electron chi connectivity index (χ0n) is 10.7. The standard InChI is InChI=1S/C14H12F3N3O/c15-14(16,17)8-1-6-12(11(7-8)13(19)21)20-10-4-2-9(18)3-5-10/h1-7,20H,18H2,(H2,19,21). The first kappa shape index (κ1) is 14.7. The normalized spacial score (nSPS) is 11.2. The van der Waals surface area contributed by atoms with Crippen LogP contribution in [0.5, 0.6) is 0 Å². The van der Waals surface area contributed by atoms with Crippen molar-refractivity contribution in [1.29, 1.82) is 0 Å². The van der Waals surface area contributed by atoms with E-state index in [1.165, 1.54) is 6.07 Å². The Balaban J connectivity index is 2.39. The number of benzene rings is 2. The molecule has 1 amide bonds. The number of rotatable bonds is 3. The molecular formula is C14H12F3N3O. The molecule has 0 aliphatic carbocycles. The van der Waals surface area contributed by atoms with Crippen LogP contribution in [0.2, 0.25) is 0 Å². The summed E-state index contributed by atoms with van der Waals surface area (Å²) in [6.45, 7) is 0. The Morgan fingerprint density at radius 3 is 2.19 bits per heavy atom. The third-order valence-corrected chi connectivity index (χ3v) is 2.80. The second-order valence-electron chi connectivity index (χ2n) is 4.37. The van der Waals surface area contributed by atoms with E-state index in [2.05, 4.69) is 5.32 Å². The third kappa shape index (κ3) is 3.44. The summed E-state index contributed by atoms with van der Waals surface area (Å²) in [5.74, 6) is -0.945. The number of nitrogens with one attached hydrogen (secondary N) is 1. The van der Waals surface area contributed by atoms with Gasteiger partial charge < -0.3 is 16.8 Å². The Hall–Kier alpha value is -2.70. The molecule has 0 radical (unpaired) electrons. The molecule has 5 N–H and O–H groups in total. The predicted octanol–water partition coefficient (Wildman–Crippen LogP) is 3.13. The van der Waals surface area contributed by atoms with Crippen molar-refractivity contribution in [2.45, 2.75) is 6.18 Å². The van der Waals surface area contributed by atoms with Crippen LogP contribution >= 0.6 is 0 Å². The van der Waals surface area contributed by atoms with Crippen molar-refractivity contribution in [3.63, 3.8) is 0 Å². The molecule has 0 saturated heterocycles. The average Bonchev–Trinajstić information content (AvgIpc) is 2.40. The lowest BCUT2D eigenvalue weighted by Crippen LogP contribution is -2.15. The van der Waals surface area contributed by atoms with Gasteiger partial charge in [0.25, 0.3) is 5.91 Å². The monoisotopic (exact) mass is 295 g/mol. The molecule has 0 aliphatic rings. The molecule has 0 atom stereocenters. The number of hydrogen-bond acceptors (Lipinski definition) is 3.